The third-order valence-electron chi connectivity index (χ3n) is 5.65. The Balaban J connectivity index is 1.71. The van der Waals surface area contributed by atoms with Gasteiger partial charge < -0.3 is 19.1 Å². The van der Waals surface area contributed by atoms with Gasteiger partial charge in [0.1, 0.15) is 11.4 Å². The molecule has 8 nitrogen and oxygen atoms in total. The first-order chi connectivity index (χ1) is 14.5. The van der Waals surface area contributed by atoms with Gasteiger partial charge in [-0.25, -0.2) is 0 Å². The van der Waals surface area contributed by atoms with E-state index in [1.165, 1.54) is 4.57 Å². The van der Waals surface area contributed by atoms with Gasteiger partial charge in [0.25, 0.3) is 0 Å². The lowest BCUT2D eigenvalue weighted by Crippen LogP contribution is -2.47. The second kappa shape index (κ2) is 8.06. The van der Waals surface area contributed by atoms with Crippen LogP contribution in [-0.4, -0.2) is 42.8 Å². The first-order valence-corrected chi connectivity index (χ1v) is 9.99. The summed E-state index contributed by atoms with van der Waals surface area (Å²) in [4.78, 5) is 28.5. The lowest BCUT2D eigenvalue weighted by Gasteiger charge is -2.37. The number of anilines is 2. The predicted molar refractivity (Wildman–Crippen MR) is 118 cm³/mol. The van der Waals surface area contributed by atoms with Crippen LogP contribution in [-0.2, 0) is 6.54 Å². The zero-order valence-corrected chi connectivity index (χ0v) is 17.1. The van der Waals surface area contributed by atoms with Crippen LogP contribution in [0.15, 0.2) is 53.3 Å². The van der Waals surface area contributed by atoms with E-state index in [-0.39, 0.29) is 5.69 Å². The van der Waals surface area contributed by atoms with E-state index in [0.717, 1.165) is 22.3 Å². The van der Waals surface area contributed by atoms with Crippen LogP contribution in [0.3, 0.4) is 0 Å². The molecular formula is C22H24N4O4. The van der Waals surface area contributed by atoms with Gasteiger partial charge in [0.05, 0.1) is 17.5 Å². The van der Waals surface area contributed by atoms with Crippen molar-refractivity contribution in [3.63, 3.8) is 0 Å². The maximum absolute atomic E-state index is 12.9. The van der Waals surface area contributed by atoms with Gasteiger partial charge in [-0.1, -0.05) is 18.2 Å². The standard InChI is InChI=1S/C22H24N4O4/c1-3-25-19-7-5-4-6-18(19)20(21(22(25)27)26(28)29)24-14-12-23(13-15-24)16-8-10-17(30-2)11-9-16/h4-11H,3,12-15H2,1-2H3. The highest BCUT2D eigenvalue weighted by Crippen LogP contribution is 2.34. The fraction of sp³-hybridized carbons (Fsp3) is 0.318. The Bertz CT molecular complexity index is 1130. The van der Waals surface area contributed by atoms with E-state index in [2.05, 4.69) is 4.90 Å². The summed E-state index contributed by atoms with van der Waals surface area (Å²) >= 11 is 0. The number of methoxy groups -OCH3 is 1. The summed E-state index contributed by atoms with van der Waals surface area (Å²) in [5.41, 5.74) is 1.35. The molecule has 0 radical (unpaired) electrons. The quantitative estimate of drug-likeness (QED) is 0.476. The van der Waals surface area contributed by atoms with Crippen LogP contribution in [0.2, 0.25) is 0 Å². The molecular weight excluding hydrogens is 384 g/mol. The number of nitro groups is 1. The zero-order valence-electron chi connectivity index (χ0n) is 17.1. The van der Waals surface area contributed by atoms with Gasteiger partial charge in [-0.3, -0.25) is 14.9 Å². The van der Waals surface area contributed by atoms with Crippen LogP contribution in [0, 0.1) is 10.1 Å². The molecule has 1 aliphatic heterocycles. The molecule has 0 N–H and O–H groups in total. The van der Waals surface area contributed by atoms with Gasteiger partial charge in [0.2, 0.25) is 0 Å². The number of fused-ring (bicyclic) bond motifs is 1. The fourth-order valence-electron chi connectivity index (χ4n) is 4.16. The van der Waals surface area contributed by atoms with Crippen molar-refractivity contribution in [3.8, 4) is 5.75 Å². The highest BCUT2D eigenvalue weighted by molar-refractivity contribution is 5.96. The Kier molecular flexibility index (Phi) is 5.31. The predicted octanol–water partition coefficient (Wildman–Crippen LogP) is 3.26. The van der Waals surface area contributed by atoms with E-state index >= 15 is 0 Å². The van der Waals surface area contributed by atoms with Crippen molar-refractivity contribution >= 4 is 28.0 Å². The molecule has 4 rings (SSSR count). The van der Waals surface area contributed by atoms with E-state index in [0.29, 0.717) is 38.4 Å². The topological polar surface area (TPSA) is 80.8 Å². The van der Waals surface area contributed by atoms with E-state index in [4.69, 9.17) is 4.74 Å². The Morgan fingerprint density at radius 2 is 1.63 bits per heavy atom. The van der Waals surface area contributed by atoms with E-state index < -0.39 is 10.5 Å². The molecule has 1 aliphatic rings. The Hall–Kier alpha value is -3.55. The fourth-order valence-corrected chi connectivity index (χ4v) is 4.16. The van der Waals surface area contributed by atoms with Gasteiger partial charge >= 0.3 is 11.2 Å². The summed E-state index contributed by atoms with van der Waals surface area (Å²) < 4.78 is 6.69. The summed E-state index contributed by atoms with van der Waals surface area (Å²) in [5, 5.41) is 12.6. The van der Waals surface area contributed by atoms with E-state index in [9.17, 15) is 14.9 Å². The van der Waals surface area contributed by atoms with Gasteiger partial charge in [0.15, 0.2) is 0 Å². The van der Waals surface area contributed by atoms with Gasteiger partial charge in [-0.05, 0) is 37.3 Å². The van der Waals surface area contributed by atoms with Crippen LogP contribution < -0.4 is 20.1 Å². The van der Waals surface area contributed by atoms with Crippen molar-refractivity contribution in [2.24, 2.45) is 0 Å². The number of ether oxygens (including phenoxy) is 1. The number of hydrogen-bond donors (Lipinski definition) is 0. The van der Waals surface area contributed by atoms with Crippen LogP contribution in [0.4, 0.5) is 17.1 Å². The molecule has 0 saturated carbocycles. The molecule has 0 bridgehead atoms. The molecule has 0 spiro atoms. The summed E-state index contributed by atoms with van der Waals surface area (Å²) in [6.07, 6.45) is 0. The number of rotatable bonds is 5. The van der Waals surface area contributed by atoms with Crippen molar-refractivity contribution in [1.29, 1.82) is 0 Å². The van der Waals surface area contributed by atoms with Crippen molar-refractivity contribution < 1.29 is 9.66 Å². The third kappa shape index (κ3) is 3.34. The molecule has 1 saturated heterocycles. The number of para-hydroxylation sites is 1. The smallest absolute Gasteiger partial charge is 0.357 e. The Labute approximate surface area is 174 Å². The second-order valence-corrected chi connectivity index (χ2v) is 7.19. The average Bonchev–Trinajstić information content (AvgIpc) is 2.78. The molecule has 156 valence electrons. The maximum atomic E-state index is 12.9. The lowest BCUT2D eigenvalue weighted by atomic mass is 10.1. The van der Waals surface area contributed by atoms with Gasteiger partial charge in [-0.2, -0.15) is 0 Å². The monoisotopic (exact) mass is 408 g/mol. The second-order valence-electron chi connectivity index (χ2n) is 7.19. The molecule has 1 fully saturated rings. The largest absolute Gasteiger partial charge is 0.497 e. The van der Waals surface area contributed by atoms with Crippen molar-refractivity contribution in [3.05, 3.63) is 69.0 Å². The van der Waals surface area contributed by atoms with Crippen LogP contribution in [0.5, 0.6) is 5.75 Å². The molecule has 0 atom stereocenters. The number of nitrogens with zero attached hydrogens (tertiary/aromatic N) is 4. The zero-order chi connectivity index (χ0) is 21.3. The molecule has 0 aliphatic carbocycles. The number of piperazine rings is 1. The molecule has 0 unspecified atom stereocenters. The molecule has 30 heavy (non-hydrogen) atoms. The highest BCUT2D eigenvalue weighted by atomic mass is 16.6. The normalized spacial score (nSPS) is 14.2. The minimum absolute atomic E-state index is 0.339. The van der Waals surface area contributed by atoms with Crippen molar-refractivity contribution in [2.75, 3.05) is 43.1 Å². The minimum Gasteiger partial charge on any atom is -0.497 e. The minimum atomic E-state index is -0.547. The van der Waals surface area contributed by atoms with E-state index in [1.807, 2.05) is 60.4 Å². The summed E-state index contributed by atoms with van der Waals surface area (Å²) in [6.45, 7) is 4.79. The first-order valence-electron chi connectivity index (χ1n) is 9.99. The number of aryl methyl sites for hydroxylation is 1. The number of pyridine rings is 1. The molecule has 2 aromatic carbocycles. The molecule has 8 heteroatoms. The summed E-state index contributed by atoms with van der Waals surface area (Å²) in [6, 6.07) is 15.3. The first kappa shape index (κ1) is 19.8. The maximum Gasteiger partial charge on any atom is 0.357 e. The van der Waals surface area contributed by atoms with E-state index in [1.54, 1.807) is 7.11 Å². The average molecular weight is 408 g/mol. The molecule has 3 aromatic rings. The lowest BCUT2D eigenvalue weighted by molar-refractivity contribution is -0.385. The molecule has 1 aromatic heterocycles. The van der Waals surface area contributed by atoms with Gasteiger partial charge in [-0.15, -0.1) is 0 Å². The molecule has 0 amide bonds. The van der Waals surface area contributed by atoms with Crippen LogP contribution in [0.1, 0.15) is 6.92 Å². The number of benzene rings is 2. The Morgan fingerprint density at radius 3 is 2.23 bits per heavy atom. The summed E-state index contributed by atoms with van der Waals surface area (Å²) in [5.74, 6) is 0.802. The third-order valence-corrected chi connectivity index (χ3v) is 5.65. The summed E-state index contributed by atoms with van der Waals surface area (Å²) in [7, 11) is 1.64. The van der Waals surface area contributed by atoms with Gasteiger partial charge in [0, 0.05) is 43.8 Å². The highest BCUT2D eigenvalue weighted by Gasteiger charge is 2.31. The SMILES string of the molecule is CCn1c(=O)c([N+](=O)[O-])c(N2CCN(c3ccc(OC)cc3)CC2)c2ccccc21. The van der Waals surface area contributed by atoms with Crippen molar-refractivity contribution in [2.45, 2.75) is 13.5 Å². The van der Waals surface area contributed by atoms with Crippen LogP contribution >= 0.6 is 0 Å². The number of hydrogen-bond acceptors (Lipinski definition) is 6. The Morgan fingerprint density at radius 1 is 1.00 bits per heavy atom. The number of aromatic nitrogens is 1. The van der Waals surface area contributed by atoms with Crippen molar-refractivity contribution in [1.82, 2.24) is 4.57 Å². The molecule has 2 heterocycles. The van der Waals surface area contributed by atoms with Crippen LogP contribution in [0.25, 0.3) is 10.9 Å².